The first-order valence-electron chi connectivity index (χ1n) is 10.6. The molecule has 1 atom stereocenters. The summed E-state index contributed by atoms with van der Waals surface area (Å²) in [5.41, 5.74) is 1.88. The summed E-state index contributed by atoms with van der Waals surface area (Å²) in [4.78, 5) is 7.02. The van der Waals surface area contributed by atoms with Crippen LogP contribution in [0.5, 0.6) is 5.75 Å². The van der Waals surface area contributed by atoms with Gasteiger partial charge in [0.1, 0.15) is 17.1 Å². The average molecular weight is 440 g/mol. The van der Waals surface area contributed by atoms with Crippen molar-refractivity contribution in [2.75, 3.05) is 26.5 Å². The smallest absolute Gasteiger partial charge is 0.191 e. The fraction of sp³-hybridized carbons (Fsp3) is 0.435. The van der Waals surface area contributed by atoms with E-state index in [-0.39, 0.29) is 0 Å². The molecule has 1 fully saturated rings. The number of rotatable bonds is 10. The van der Waals surface area contributed by atoms with Crippen LogP contribution in [-0.2, 0) is 24.4 Å². The lowest BCUT2D eigenvalue weighted by Gasteiger charge is -2.17. The number of thioether (sulfide) groups is 1. The van der Waals surface area contributed by atoms with Crippen LogP contribution in [0.3, 0.4) is 0 Å². The molecule has 31 heavy (non-hydrogen) atoms. The van der Waals surface area contributed by atoms with E-state index in [1.807, 2.05) is 24.3 Å². The third-order valence-electron chi connectivity index (χ3n) is 5.33. The zero-order chi connectivity index (χ0) is 21.6. The second kappa shape index (κ2) is 10.3. The molecule has 7 nitrogen and oxygen atoms in total. The molecule has 3 heterocycles. The molecule has 1 aliphatic rings. The van der Waals surface area contributed by atoms with Crippen molar-refractivity contribution >= 4 is 22.7 Å². The molecule has 0 aliphatic carbocycles. The molecule has 0 spiro atoms. The van der Waals surface area contributed by atoms with Crippen LogP contribution in [0, 0.1) is 0 Å². The van der Waals surface area contributed by atoms with Crippen LogP contribution < -0.4 is 4.74 Å². The van der Waals surface area contributed by atoms with Gasteiger partial charge in [0, 0.05) is 30.8 Å². The van der Waals surface area contributed by atoms with Gasteiger partial charge in [0.05, 0.1) is 25.5 Å². The number of para-hydroxylation sites is 1. The topological polar surface area (TPSA) is 65.3 Å². The largest absolute Gasteiger partial charge is 0.494 e. The van der Waals surface area contributed by atoms with Gasteiger partial charge in [-0.15, -0.1) is 16.8 Å². The summed E-state index contributed by atoms with van der Waals surface area (Å²) in [5.74, 6) is 2.63. The predicted octanol–water partition coefficient (Wildman–Crippen LogP) is 3.92. The monoisotopic (exact) mass is 439 g/mol. The van der Waals surface area contributed by atoms with E-state index >= 15 is 0 Å². The number of pyridine rings is 1. The highest BCUT2D eigenvalue weighted by molar-refractivity contribution is 7.99. The number of benzene rings is 1. The fourth-order valence-corrected chi connectivity index (χ4v) is 4.82. The molecule has 0 amide bonds. The van der Waals surface area contributed by atoms with E-state index in [0.29, 0.717) is 25.7 Å². The molecule has 4 rings (SSSR count). The third-order valence-corrected chi connectivity index (χ3v) is 6.43. The second-order valence-electron chi connectivity index (χ2n) is 7.75. The number of hydrogen-bond donors (Lipinski definition) is 0. The highest BCUT2D eigenvalue weighted by Crippen LogP contribution is 2.25. The van der Waals surface area contributed by atoms with E-state index < -0.39 is 0 Å². The van der Waals surface area contributed by atoms with Crippen molar-refractivity contribution < 1.29 is 9.47 Å². The number of methoxy groups -OCH3 is 1. The first kappa shape index (κ1) is 21.8. The van der Waals surface area contributed by atoms with E-state index in [0.717, 1.165) is 58.5 Å². The lowest BCUT2D eigenvalue weighted by atomic mass is 10.2. The van der Waals surface area contributed by atoms with Crippen molar-refractivity contribution in [3.8, 4) is 5.75 Å². The molecule has 1 saturated heterocycles. The molecular formula is C23H29N5O2S. The Kier molecular flexibility index (Phi) is 7.21. The van der Waals surface area contributed by atoms with Crippen molar-refractivity contribution in [1.29, 1.82) is 0 Å². The maximum atomic E-state index is 5.74. The summed E-state index contributed by atoms with van der Waals surface area (Å²) in [5, 5.41) is 10.9. The average Bonchev–Trinajstić information content (AvgIpc) is 3.42. The van der Waals surface area contributed by atoms with Crippen molar-refractivity contribution in [3.63, 3.8) is 0 Å². The van der Waals surface area contributed by atoms with Crippen molar-refractivity contribution in [2.24, 2.45) is 0 Å². The van der Waals surface area contributed by atoms with Crippen molar-refractivity contribution in [1.82, 2.24) is 24.6 Å². The molecule has 1 aliphatic heterocycles. The first-order chi connectivity index (χ1) is 15.2. The molecule has 1 unspecified atom stereocenters. The number of hydrogen-bond acceptors (Lipinski definition) is 7. The van der Waals surface area contributed by atoms with Crippen molar-refractivity contribution in [3.05, 3.63) is 54.5 Å². The number of allylic oxidation sites excluding steroid dienone is 1. The molecule has 164 valence electrons. The summed E-state index contributed by atoms with van der Waals surface area (Å²) in [6.07, 6.45) is 4.48. The minimum absolute atomic E-state index is 0.320. The lowest BCUT2D eigenvalue weighted by molar-refractivity contribution is 0.129. The van der Waals surface area contributed by atoms with E-state index in [1.54, 1.807) is 18.9 Å². The molecule has 3 aromatic rings. The third kappa shape index (κ3) is 5.26. The van der Waals surface area contributed by atoms with Gasteiger partial charge in [0.2, 0.25) is 0 Å². The Morgan fingerprint density at radius 1 is 1.29 bits per heavy atom. The summed E-state index contributed by atoms with van der Waals surface area (Å²) in [6, 6.07) is 10.1. The maximum Gasteiger partial charge on any atom is 0.191 e. The molecule has 0 radical (unpaired) electrons. The van der Waals surface area contributed by atoms with E-state index in [9.17, 15) is 0 Å². The number of ether oxygens (including phenoxy) is 2. The fourth-order valence-electron chi connectivity index (χ4n) is 3.79. The highest BCUT2D eigenvalue weighted by atomic mass is 32.2. The predicted molar refractivity (Wildman–Crippen MR) is 123 cm³/mol. The van der Waals surface area contributed by atoms with Gasteiger partial charge in [0.15, 0.2) is 5.16 Å². The van der Waals surface area contributed by atoms with Crippen LogP contribution in [0.2, 0.25) is 0 Å². The van der Waals surface area contributed by atoms with E-state index in [4.69, 9.17) is 14.5 Å². The van der Waals surface area contributed by atoms with Gasteiger partial charge < -0.3 is 14.0 Å². The minimum Gasteiger partial charge on any atom is -0.494 e. The molecule has 0 saturated carbocycles. The Morgan fingerprint density at radius 3 is 2.97 bits per heavy atom. The second-order valence-corrected chi connectivity index (χ2v) is 8.74. The normalized spacial score (nSPS) is 16.3. The van der Waals surface area contributed by atoms with Crippen LogP contribution in [0.25, 0.3) is 10.9 Å². The number of fused-ring (bicyclic) bond motifs is 1. The summed E-state index contributed by atoms with van der Waals surface area (Å²) < 4.78 is 13.3. The zero-order valence-corrected chi connectivity index (χ0v) is 19.0. The Balaban J connectivity index is 1.44. The Bertz CT molecular complexity index is 1030. The van der Waals surface area contributed by atoms with E-state index in [1.165, 1.54) is 0 Å². The summed E-state index contributed by atoms with van der Waals surface area (Å²) >= 11 is 1.71. The number of nitrogens with zero attached hydrogens (tertiary/aromatic N) is 5. The molecule has 0 N–H and O–H groups in total. The van der Waals surface area contributed by atoms with Gasteiger partial charge in [0.25, 0.3) is 0 Å². The lowest BCUT2D eigenvalue weighted by Crippen LogP contribution is -2.21. The Labute approximate surface area is 187 Å². The minimum atomic E-state index is 0.320. The highest BCUT2D eigenvalue weighted by Gasteiger charge is 2.19. The maximum absolute atomic E-state index is 5.74. The molecular weight excluding hydrogens is 410 g/mol. The SMILES string of the molecule is C=CCn1c(CN(C)Cc2ccc3cccc(OC)c3n2)nnc1SCC1CCCO1. The van der Waals surface area contributed by atoms with Gasteiger partial charge in [-0.1, -0.05) is 36.0 Å². The summed E-state index contributed by atoms with van der Waals surface area (Å²) in [6.45, 7) is 6.84. The van der Waals surface area contributed by atoms with Crippen LogP contribution in [0.4, 0.5) is 0 Å². The Morgan fingerprint density at radius 2 is 2.19 bits per heavy atom. The van der Waals surface area contributed by atoms with Crippen LogP contribution >= 0.6 is 11.8 Å². The van der Waals surface area contributed by atoms with E-state index in [2.05, 4.69) is 45.4 Å². The van der Waals surface area contributed by atoms with Gasteiger partial charge in [-0.3, -0.25) is 4.90 Å². The number of aromatic nitrogens is 4. The van der Waals surface area contributed by atoms with Gasteiger partial charge in [-0.2, -0.15) is 0 Å². The van der Waals surface area contributed by atoms with Crippen LogP contribution in [-0.4, -0.2) is 57.3 Å². The van der Waals surface area contributed by atoms with Crippen LogP contribution in [0.1, 0.15) is 24.4 Å². The first-order valence-corrected chi connectivity index (χ1v) is 11.5. The standard InChI is InChI=1S/C23H29N5O2S/c1-4-12-28-21(25-26-23(28)31-16-19-8-6-13-30-19)15-27(2)14-18-11-10-17-7-5-9-20(29-3)22(17)24-18/h4-5,7,9-11,19H,1,6,8,12-16H2,2-3H3. The van der Waals surface area contributed by atoms with Gasteiger partial charge >= 0.3 is 0 Å². The molecule has 8 heteroatoms. The molecule has 1 aromatic carbocycles. The molecule has 0 bridgehead atoms. The quantitative estimate of drug-likeness (QED) is 0.350. The van der Waals surface area contributed by atoms with Gasteiger partial charge in [-0.25, -0.2) is 4.98 Å². The van der Waals surface area contributed by atoms with Crippen LogP contribution in [0.15, 0.2) is 48.1 Å². The Hall–Kier alpha value is -2.42. The molecule has 2 aromatic heterocycles. The van der Waals surface area contributed by atoms with Gasteiger partial charge in [-0.05, 0) is 32.0 Å². The van der Waals surface area contributed by atoms with Crippen molar-refractivity contribution in [2.45, 2.75) is 43.7 Å². The summed E-state index contributed by atoms with van der Waals surface area (Å²) in [7, 11) is 3.75. The zero-order valence-electron chi connectivity index (χ0n) is 18.2.